The van der Waals surface area contributed by atoms with Crippen molar-refractivity contribution in [1.82, 2.24) is 10.0 Å². The summed E-state index contributed by atoms with van der Waals surface area (Å²) in [5.74, 6) is 0. The average Bonchev–Trinajstić information content (AvgIpc) is 2.30. The van der Waals surface area contributed by atoms with Crippen molar-refractivity contribution in [3.63, 3.8) is 0 Å². The molecular formula is C12H18N2O. The molecule has 0 bridgehead atoms. The molecule has 1 aliphatic rings. The van der Waals surface area contributed by atoms with Crippen LogP contribution in [0.5, 0.6) is 0 Å². The normalized spacial score (nSPS) is 23.3. The quantitative estimate of drug-likeness (QED) is 0.730. The van der Waals surface area contributed by atoms with Gasteiger partial charge >= 0.3 is 0 Å². The number of hydrogen-bond donors (Lipinski definition) is 0. The zero-order valence-electron chi connectivity index (χ0n) is 9.39. The average molecular weight is 206 g/mol. The predicted molar refractivity (Wildman–Crippen MR) is 60.4 cm³/mol. The molecular weight excluding hydrogens is 188 g/mol. The summed E-state index contributed by atoms with van der Waals surface area (Å²) in [7, 11) is 4.17. The molecule has 0 radical (unpaired) electrons. The maximum Gasteiger partial charge on any atom is 0.0729 e. The Kier molecular flexibility index (Phi) is 3.36. The number of nitrogens with zero attached hydrogens (tertiary/aromatic N) is 2. The van der Waals surface area contributed by atoms with Gasteiger partial charge in [-0.3, -0.25) is 0 Å². The number of hydrogen-bond acceptors (Lipinski definition) is 3. The summed E-state index contributed by atoms with van der Waals surface area (Å²) in [5, 5.41) is 4.50. The lowest BCUT2D eigenvalue weighted by molar-refractivity contribution is -0.106. The highest BCUT2D eigenvalue weighted by Gasteiger charge is 2.25. The lowest BCUT2D eigenvalue weighted by atomic mass is 10.1. The minimum atomic E-state index is 0.356. The van der Waals surface area contributed by atoms with E-state index >= 15 is 0 Å². The number of benzene rings is 1. The van der Waals surface area contributed by atoms with Gasteiger partial charge in [0.05, 0.1) is 19.3 Å². The first-order chi connectivity index (χ1) is 7.29. The van der Waals surface area contributed by atoms with E-state index in [-0.39, 0.29) is 0 Å². The van der Waals surface area contributed by atoms with Crippen LogP contribution in [0.3, 0.4) is 0 Å². The Bertz CT molecular complexity index is 300. The van der Waals surface area contributed by atoms with Gasteiger partial charge in [-0.15, -0.1) is 0 Å². The van der Waals surface area contributed by atoms with Crippen LogP contribution in [-0.4, -0.2) is 43.9 Å². The summed E-state index contributed by atoms with van der Waals surface area (Å²) in [6, 6.07) is 10.9. The highest BCUT2D eigenvalue weighted by molar-refractivity contribution is 5.19. The molecule has 0 aliphatic carbocycles. The smallest absolute Gasteiger partial charge is 0.0729 e. The Morgan fingerprint density at radius 1 is 1.27 bits per heavy atom. The maximum atomic E-state index is 5.55. The second-order valence-electron chi connectivity index (χ2n) is 4.01. The predicted octanol–water partition coefficient (Wildman–Crippen LogP) is 1.54. The van der Waals surface area contributed by atoms with Gasteiger partial charge in [0.1, 0.15) is 0 Å². The molecule has 0 saturated carbocycles. The second-order valence-corrected chi connectivity index (χ2v) is 4.01. The van der Waals surface area contributed by atoms with Crippen molar-refractivity contribution in [2.24, 2.45) is 0 Å². The molecule has 15 heavy (non-hydrogen) atoms. The van der Waals surface area contributed by atoms with Crippen LogP contribution < -0.4 is 0 Å². The highest BCUT2D eigenvalue weighted by Crippen LogP contribution is 2.24. The third-order valence-corrected chi connectivity index (χ3v) is 2.80. The minimum absolute atomic E-state index is 0.356. The van der Waals surface area contributed by atoms with Gasteiger partial charge in [0.15, 0.2) is 0 Å². The van der Waals surface area contributed by atoms with Gasteiger partial charge in [-0.25, -0.2) is 10.0 Å². The van der Waals surface area contributed by atoms with E-state index in [0.717, 1.165) is 19.8 Å². The van der Waals surface area contributed by atoms with Gasteiger partial charge in [0.25, 0.3) is 0 Å². The van der Waals surface area contributed by atoms with E-state index in [4.69, 9.17) is 4.74 Å². The van der Waals surface area contributed by atoms with Crippen molar-refractivity contribution in [2.75, 3.05) is 33.9 Å². The van der Waals surface area contributed by atoms with E-state index in [9.17, 15) is 0 Å². The van der Waals surface area contributed by atoms with Crippen LogP contribution >= 0.6 is 0 Å². The van der Waals surface area contributed by atoms with Gasteiger partial charge in [-0.2, -0.15) is 0 Å². The lowest BCUT2D eigenvalue weighted by Gasteiger charge is -2.39. The van der Waals surface area contributed by atoms with E-state index < -0.39 is 0 Å². The van der Waals surface area contributed by atoms with Crippen LogP contribution in [0.2, 0.25) is 0 Å². The number of rotatable bonds is 2. The summed E-state index contributed by atoms with van der Waals surface area (Å²) in [6.45, 7) is 2.57. The van der Waals surface area contributed by atoms with E-state index in [2.05, 4.69) is 48.4 Å². The molecule has 1 aromatic carbocycles. The standard InChI is InChI=1S/C12H18N2O/c1-13(2)14-8-9-15-10-12(14)11-6-4-3-5-7-11/h3-7,12H,8-10H2,1-2H3. The molecule has 0 amide bonds. The van der Waals surface area contributed by atoms with Crippen molar-refractivity contribution >= 4 is 0 Å². The summed E-state index contributed by atoms with van der Waals surface area (Å²) in [4.78, 5) is 0. The molecule has 82 valence electrons. The first-order valence-electron chi connectivity index (χ1n) is 5.35. The molecule has 1 aromatic rings. The largest absolute Gasteiger partial charge is 0.378 e. The van der Waals surface area contributed by atoms with Gasteiger partial charge in [0, 0.05) is 20.6 Å². The van der Waals surface area contributed by atoms with E-state index in [1.165, 1.54) is 5.56 Å². The van der Waals surface area contributed by atoms with Crippen molar-refractivity contribution in [3.8, 4) is 0 Å². The summed E-state index contributed by atoms with van der Waals surface area (Å²) < 4.78 is 5.55. The highest BCUT2D eigenvalue weighted by atomic mass is 16.5. The van der Waals surface area contributed by atoms with Gasteiger partial charge in [-0.05, 0) is 5.56 Å². The Hall–Kier alpha value is -0.900. The van der Waals surface area contributed by atoms with E-state index in [0.29, 0.717) is 6.04 Å². The molecule has 3 nitrogen and oxygen atoms in total. The summed E-state index contributed by atoms with van der Waals surface area (Å²) in [6.07, 6.45) is 0. The van der Waals surface area contributed by atoms with Crippen LogP contribution in [0.1, 0.15) is 11.6 Å². The van der Waals surface area contributed by atoms with E-state index in [1.54, 1.807) is 0 Å². The fourth-order valence-electron chi connectivity index (χ4n) is 2.02. The molecule has 1 atom stereocenters. The second kappa shape index (κ2) is 4.75. The van der Waals surface area contributed by atoms with Crippen LogP contribution in [0.25, 0.3) is 0 Å². The summed E-state index contributed by atoms with van der Waals surface area (Å²) in [5.41, 5.74) is 1.32. The Morgan fingerprint density at radius 3 is 2.67 bits per heavy atom. The van der Waals surface area contributed by atoms with Crippen molar-refractivity contribution in [2.45, 2.75) is 6.04 Å². The summed E-state index contributed by atoms with van der Waals surface area (Å²) >= 11 is 0. The first-order valence-corrected chi connectivity index (χ1v) is 5.35. The molecule has 0 aromatic heterocycles. The van der Waals surface area contributed by atoms with Crippen molar-refractivity contribution in [3.05, 3.63) is 35.9 Å². The van der Waals surface area contributed by atoms with Gasteiger partial charge in [-0.1, -0.05) is 30.3 Å². The first kappa shape index (κ1) is 10.6. The molecule has 1 heterocycles. The third-order valence-electron chi connectivity index (χ3n) is 2.80. The minimum Gasteiger partial charge on any atom is -0.378 e. The molecule has 0 spiro atoms. The van der Waals surface area contributed by atoms with Crippen molar-refractivity contribution in [1.29, 1.82) is 0 Å². The third kappa shape index (κ3) is 2.37. The Morgan fingerprint density at radius 2 is 2.00 bits per heavy atom. The fraction of sp³-hybridized carbons (Fsp3) is 0.500. The van der Waals surface area contributed by atoms with Crippen LogP contribution in [0, 0.1) is 0 Å². The van der Waals surface area contributed by atoms with Crippen molar-refractivity contribution < 1.29 is 4.74 Å². The zero-order valence-corrected chi connectivity index (χ0v) is 9.39. The van der Waals surface area contributed by atoms with Crippen LogP contribution in [0.15, 0.2) is 30.3 Å². The maximum absolute atomic E-state index is 5.55. The number of ether oxygens (including phenoxy) is 1. The molecule has 1 aliphatic heterocycles. The van der Waals surface area contributed by atoms with Gasteiger partial charge in [0.2, 0.25) is 0 Å². The topological polar surface area (TPSA) is 15.7 Å². The molecule has 1 saturated heterocycles. The van der Waals surface area contributed by atoms with Crippen LogP contribution in [-0.2, 0) is 4.74 Å². The Balaban J connectivity index is 2.18. The Labute approximate surface area is 91.2 Å². The molecule has 1 fully saturated rings. The van der Waals surface area contributed by atoms with Gasteiger partial charge < -0.3 is 4.74 Å². The fourth-order valence-corrected chi connectivity index (χ4v) is 2.02. The van der Waals surface area contributed by atoms with E-state index in [1.807, 2.05) is 6.07 Å². The number of morpholine rings is 1. The molecule has 2 rings (SSSR count). The molecule has 1 unspecified atom stereocenters. The molecule has 0 N–H and O–H groups in total. The SMILES string of the molecule is CN(C)N1CCOCC1c1ccccc1. The van der Waals surface area contributed by atoms with Crippen LogP contribution in [0.4, 0.5) is 0 Å². The zero-order chi connectivity index (χ0) is 10.7. The lowest BCUT2D eigenvalue weighted by Crippen LogP contribution is -2.47. The monoisotopic (exact) mass is 206 g/mol. The number of hydrazine groups is 1. The molecule has 3 heteroatoms.